The maximum atomic E-state index is 13.7. The number of hydrogen-bond donors (Lipinski definition) is 2. The predicted molar refractivity (Wildman–Crippen MR) is 144 cm³/mol. The second kappa shape index (κ2) is 11.9. The molecule has 3 heterocycles. The van der Waals surface area contributed by atoms with Gasteiger partial charge < -0.3 is 29.4 Å². The molecule has 2 aromatic carbocycles. The fraction of sp³-hybridized carbons (Fsp3) is 0.207. The molecule has 200 valence electrons. The second-order valence-corrected chi connectivity index (χ2v) is 9.93. The topological polar surface area (TPSA) is 110 Å². The van der Waals surface area contributed by atoms with Crippen LogP contribution >= 0.6 is 11.3 Å². The highest BCUT2D eigenvalue weighted by atomic mass is 32.1. The first-order chi connectivity index (χ1) is 19.0. The van der Waals surface area contributed by atoms with Crippen molar-refractivity contribution < 1.29 is 28.3 Å². The van der Waals surface area contributed by atoms with E-state index in [-0.39, 0.29) is 38.2 Å². The molecule has 1 aliphatic heterocycles. The van der Waals surface area contributed by atoms with Crippen molar-refractivity contribution in [2.45, 2.75) is 26.1 Å². The molecular formula is C29H27N3O6S. The van der Waals surface area contributed by atoms with E-state index in [2.05, 4.69) is 10.6 Å². The van der Waals surface area contributed by atoms with Crippen LogP contribution in [0, 0.1) is 6.92 Å². The highest BCUT2D eigenvalue weighted by molar-refractivity contribution is 7.12. The standard InChI is InChI=1S/C29H27N3O6S/c1-19-6-9-21(10-7-19)27(29(35)30-15-22-4-2-12-36-22)32(17-20-8-11-23-24(14-20)38-18-37-23)26(33)16-31-28(34)25-5-3-13-39-25/h2-14,27H,15-18H2,1H3,(H,30,35)(H,31,34)/t27-/m0/s1. The molecule has 10 heteroatoms. The van der Waals surface area contributed by atoms with Crippen LogP contribution in [0.5, 0.6) is 11.5 Å². The Balaban J connectivity index is 1.45. The van der Waals surface area contributed by atoms with Crippen LogP contribution in [-0.2, 0) is 22.7 Å². The zero-order valence-electron chi connectivity index (χ0n) is 21.2. The quantitative estimate of drug-likeness (QED) is 0.309. The zero-order valence-corrected chi connectivity index (χ0v) is 22.0. The maximum absolute atomic E-state index is 13.7. The van der Waals surface area contributed by atoms with E-state index in [9.17, 15) is 14.4 Å². The largest absolute Gasteiger partial charge is 0.467 e. The summed E-state index contributed by atoms with van der Waals surface area (Å²) in [6.45, 7) is 2.05. The number of hydrogen-bond acceptors (Lipinski definition) is 7. The molecule has 0 bridgehead atoms. The van der Waals surface area contributed by atoms with Gasteiger partial charge in [0.1, 0.15) is 11.8 Å². The smallest absolute Gasteiger partial charge is 0.261 e. The Morgan fingerprint density at radius 1 is 0.974 bits per heavy atom. The SMILES string of the molecule is Cc1ccc([C@@H](C(=O)NCc2ccco2)N(Cc2ccc3c(c2)OCO3)C(=O)CNC(=O)c2cccs2)cc1. The summed E-state index contributed by atoms with van der Waals surface area (Å²) in [6.07, 6.45) is 1.53. The summed E-state index contributed by atoms with van der Waals surface area (Å²) in [5.41, 5.74) is 2.40. The van der Waals surface area contributed by atoms with E-state index < -0.39 is 11.9 Å². The molecule has 0 saturated heterocycles. The van der Waals surface area contributed by atoms with E-state index in [0.29, 0.717) is 27.7 Å². The van der Waals surface area contributed by atoms with E-state index in [4.69, 9.17) is 13.9 Å². The normalized spacial score (nSPS) is 12.5. The number of rotatable bonds is 10. The Kier molecular flexibility index (Phi) is 7.93. The predicted octanol–water partition coefficient (Wildman–Crippen LogP) is 4.19. The number of aryl methyl sites for hydroxylation is 1. The lowest BCUT2D eigenvalue weighted by Crippen LogP contribution is -2.46. The van der Waals surface area contributed by atoms with Crippen molar-refractivity contribution >= 4 is 29.1 Å². The number of ether oxygens (including phenoxy) is 2. The van der Waals surface area contributed by atoms with Crippen LogP contribution in [0.4, 0.5) is 0 Å². The Hall–Kier alpha value is -4.57. The van der Waals surface area contributed by atoms with Gasteiger partial charge in [-0.3, -0.25) is 14.4 Å². The van der Waals surface area contributed by atoms with Crippen molar-refractivity contribution in [1.29, 1.82) is 0 Å². The molecule has 9 nitrogen and oxygen atoms in total. The number of carbonyl (C=O) groups is 3. The fourth-order valence-electron chi connectivity index (χ4n) is 4.22. The Bertz CT molecular complexity index is 1430. The lowest BCUT2D eigenvalue weighted by atomic mass is 10.0. The summed E-state index contributed by atoms with van der Waals surface area (Å²) < 4.78 is 16.3. The molecule has 0 fully saturated rings. The van der Waals surface area contributed by atoms with Crippen LogP contribution in [0.3, 0.4) is 0 Å². The Morgan fingerprint density at radius 3 is 2.54 bits per heavy atom. The molecule has 5 rings (SSSR count). The minimum absolute atomic E-state index is 0.0943. The summed E-state index contributed by atoms with van der Waals surface area (Å²) in [6, 6.07) is 18.8. The molecular weight excluding hydrogens is 518 g/mol. The van der Waals surface area contributed by atoms with Gasteiger partial charge in [0, 0.05) is 6.54 Å². The summed E-state index contributed by atoms with van der Waals surface area (Å²) in [5.74, 6) is 0.620. The Labute approximate surface area is 229 Å². The highest BCUT2D eigenvalue weighted by Gasteiger charge is 2.32. The number of thiophene rings is 1. The van der Waals surface area contributed by atoms with Gasteiger partial charge in [-0.05, 0) is 53.8 Å². The van der Waals surface area contributed by atoms with Gasteiger partial charge in [0.05, 0.1) is 24.2 Å². The van der Waals surface area contributed by atoms with E-state index in [1.54, 1.807) is 41.8 Å². The van der Waals surface area contributed by atoms with Gasteiger partial charge in [-0.15, -0.1) is 11.3 Å². The molecule has 39 heavy (non-hydrogen) atoms. The zero-order chi connectivity index (χ0) is 27.2. The van der Waals surface area contributed by atoms with Crippen LogP contribution in [0.25, 0.3) is 0 Å². The first kappa shape index (κ1) is 26.1. The van der Waals surface area contributed by atoms with Gasteiger partial charge in [-0.1, -0.05) is 42.0 Å². The summed E-state index contributed by atoms with van der Waals surface area (Å²) in [7, 11) is 0. The van der Waals surface area contributed by atoms with Gasteiger partial charge in [0.25, 0.3) is 5.91 Å². The summed E-state index contributed by atoms with van der Waals surface area (Å²) in [5, 5.41) is 7.37. The van der Waals surface area contributed by atoms with Crippen molar-refractivity contribution in [2.75, 3.05) is 13.3 Å². The average molecular weight is 546 g/mol. The number of amides is 3. The number of nitrogens with one attached hydrogen (secondary N) is 2. The average Bonchev–Trinajstić information content (AvgIpc) is 3.74. The van der Waals surface area contributed by atoms with Crippen LogP contribution < -0.4 is 20.1 Å². The van der Waals surface area contributed by atoms with Gasteiger partial charge in [0.2, 0.25) is 18.6 Å². The number of carbonyl (C=O) groups excluding carboxylic acids is 3. The van der Waals surface area contributed by atoms with Crippen molar-refractivity contribution in [3.05, 3.63) is 106 Å². The third kappa shape index (κ3) is 6.29. The molecule has 2 N–H and O–H groups in total. The second-order valence-electron chi connectivity index (χ2n) is 8.98. The first-order valence-corrected chi connectivity index (χ1v) is 13.2. The van der Waals surface area contributed by atoms with Crippen molar-refractivity contribution in [1.82, 2.24) is 15.5 Å². The number of fused-ring (bicyclic) bond motifs is 1. The van der Waals surface area contributed by atoms with Crippen LogP contribution in [-0.4, -0.2) is 36.0 Å². The van der Waals surface area contributed by atoms with Crippen molar-refractivity contribution in [2.24, 2.45) is 0 Å². The van der Waals surface area contributed by atoms with E-state index in [1.807, 2.05) is 37.3 Å². The van der Waals surface area contributed by atoms with E-state index >= 15 is 0 Å². The number of furan rings is 1. The van der Waals surface area contributed by atoms with Crippen LogP contribution in [0.1, 0.15) is 38.2 Å². The van der Waals surface area contributed by atoms with Crippen LogP contribution in [0.2, 0.25) is 0 Å². The molecule has 2 aromatic heterocycles. The maximum Gasteiger partial charge on any atom is 0.261 e. The third-order valence-electron chi connectivity index (χ3n) is 6.23. The van der Waals surface area contributed by atoms with E-state index in [1.165, 1.54) is 22.5 Å². The van der Waals surface area contributed by atoms with Gasteiger partial charge >= 0.3 is 0 Å². The number of benzene rings is 2. The first-order valence-electron chi connectivity index (χ1n) is 12.3. The monoisotopic (exact) mass is 545 g/mol. The van der Waals surface area contributed by atoms with Gasteiger partial charge in [0.15, 0.2) is 11.5 Å². The van der Waals surface area contributed by atoms with Crippen molar-refractivity contribution in [3.63, 3.8) is 0 Å². The lowest BCUT2D eigenvalue weighted by Gasteiger charge is -2.32. The highest BCUT2D eigenvalue weighted by Crippen LogP contribution is 2.34. The molecule has 1 atom stereocenters. The molecule has 0 saturated carbocycles. The van der Waals surface area contributed by atoms with Gasteiger partial charge in [-0.25, -0.2) is 0 Å². The molecule has 4 aromatic rings. The molecule has 3 amide bonds. The summed E-state index contributed by atoms with van der Waals surface area (Å²) in [4.78, 5) is 42.0. The molecule has 0 unspecified atom stereocenters. The van der Waals surface area contributed by atoms with E-state index in [0.717, 1.165) is 11.1 Å². The lowest BCUT2D eigenvalue weighted by molar-refractivity contribution is -0.141. The van der Waals surface area contributed by atoms with Crippen molar-refractivity contribution in [3.8, 4) is 11.5 Å². The third-order valence-corrected chi connectivity index (χ3v) is 7.09. The summed E-state index contributed by atoms with van der Waals surface area (Å²) >= 11 is 1.28. The minimum atomic E-state index is -0.975. The fourth-order valence-corrected chi connectivity index (χ4v) is 4.86. The Morgan fingerprint density at radius 2 is 1.79 bits per heavy atom. The van der Waals surface area contributed by atoms with Crippen LogP contribution in [0.15, 0.2) is 82.8 Å². The molecule has 1 aliphatic rings. The molecule has 0 aliphatic carbocycles. The number of nitrogens with zero attached hydrogens (tertiary/aromatic N) is 1. The van der Waals surface area contributed by atoms with Gasteiger partial charge in [-0.2, -0.15) is 0 Å². The molecule has 0 radical (unpaired) electrons. The molecule has 0 spiro atoms. The minimum Gasteiger partial charge on any atom is -0.467 e.